The van der Waals surface area contributed by atoms with E-state index in [0.29, 0.717) is 25.2 Å². The summed E-state index contributed by atoms with van der Waals surface area (Å²) in [5, 5.41) is 2.65. The van der Waals surface area contributed by atoms with Crippen molar-refractivity contribution in [2.24, 2.45) is 5.73 Å². The molecule has 3 amide bonds. The first-order chi connectivity index (χ1) is 12.0. The van der Waals surface area contributed by atoms with Crippen LogP contribution in [-0.4, -0.2) is 29.9 Å². The molecule has 25 heavy (non-hydrogen) atoms. The standard InChI is InChI=1S/C19H20FN3O2/c1-2-11-23(12-10-14-6-4-3-5-7-14)19(25)22-15-8-9-17(20)16(13-15)18(21)24/h2-9,13H,1,10-12H2,(H2,21,24)(H,22,25). The van der Waals surface area contributed by atoms with Crippen LogP contribution >= 0.6 is 0 Å². The minimum atomic E-state index is -0.888. The van der Waals surface area contributed by atoms with Gasteiger partial charge in [0.15, 0.2) is 0 Å². The number of carbonyl (C=O) groups is 2. The van der Waals surface area contributed by atoms with Gasteiger partial charge in [0.1, 0.15) is 5.82 Å². The molecule has 5 nitrogen and oxygen atoms in total. The van der Waals surface area contributed by atoms with Gasteiger partial charge in [-0.15, -0.1) is 6.58 Å². The summed E-state index contributed by atoms with van der Waals surface area (Å²) >= 11 is 0. The number of amides is 3. The third-order valence-electron chi connectivity index (χ3n) is 3.63. The molecule has 3 N–H and O–H groups in total. The number of urea groups is 1. The second-order valence-corrected chi connectivity index (χ2v) is 5.46. The van der Waals surface area contributed by atoms with Crippen molar-refractivity contribution in [3.63, 3.8) is 0 Å². The molecule has 2 rings (SSSR count). The third-order valence-corrected chi connectivity index (χ3v) is 3.63. The van der Waals surface area contributed by atoms with Crippen LogP contribution in [0, 0.1) is 5.82 Å². The van der Waals surface area contributed by atoms with E-state index in [0.717, 1.165) is 11.6 Å². The summed E-state index contributed by atoms with van der Waals surface area (Å²) in [5.41, 5.74) is 6.27. The molecule has 0 atom stereocenters. The normalized spacial score (nSPS) is 10.1. The number of halogens is 1. The van der Waals surface area contributed by atoms with Gasteiger partial charge >= 0.3 is 6.03 Å². The Bertz CT molecular complexity index is 763. The fourth-order valence-corrected chi connectivity index (χ4v) is 2.33. The molecule has 0 heterocycles. The lowest BCUT2D eigenvalue weighted by Crippen LogP contribution is -2.36. The van der Waals surface area contributed by atoms with E-state index in [-0.39, 0.29) is 11.6 Å². The van der Waals surface area contributed by atoms with Crippen molar-refractivity contribution in [2.75, 3.05) is 18.4 Å². The molecule has 0 aromatic heterocycles. The van der Waals surface area contributed by atoms with Crippen LogP contribution in [0.1, 0.15) is 15.9 Å². The van der Waals surface area contributed by atoms with E-state index in [1.165, 1.54) is 12.1 Å². The Balaban J connectivity index is 2.06. The van der Waals surface area contributed by atoms with Crippen molar-refractivity contribution in [1.82, 2.24) is 4.90 Å². The highest BCUT2D eigenvalue weighted by Gasteiger charge is 2.14. The van der Waals surface area contributed by atoms with Crippen molar-refractivity contribution < 1.29 is 14.0 Å². The third kappa shape index (κ3) is 5.17. The van der Waals surface area contributed by atoms with Crippen molar-refractivity contribution in [3.05, 3.63) is 78.1 Å². The molecule has 0 spiro atoms. The van der Waals surface area contributed by atoms with Crippen molar-refractivity contribution >= 4 is 17.6 Å². The number of primary amides is 1. The van der Waals surface area contributed by atoms with E-state index in [1.807, 2.05) is 30.3 Å². The highest BCUT2D eigenvalue weighted by atomic mass is 19.1. The number of rotatable bonds is 7. The van der Waals surface area contributed by atoms with Crippen LogP contribution in [0.4, 0.5) is 14.9 Å². The Morgan fingerprint density at radius 1 is 1.20 bits per heavy atom. The molecule has 2 aromatic carbocycles. The van der Waals surface area contributed by atoms with Gasteiger partial charge in [-0.3, -0.25) is 4.79 Å². The van der Waals surface area contributed by atoms with Crippen LogP contribution in [0.5, 0.6) is 0 Å². The van der Waals surface area contributed by atoms with Gasteiger partial charge < -0.3 is 16.0 Å². The zero-order valence-electron chi connectivity index (χ0n) is 13.7. The largest absolute Gasteiger partial charge is 0.366 e. The summed E-state index contributed by atoms with van der Waals surface area (Å²) < 4.78 is 13.5. The van der Waals surface area contributed by atoms with Gasteiger partial charge in [-0.2, -0.15) is 0 Å². The number of anilines is 1. The van der Waals surface area contributed by atoms with Crippen LogP contribution in [0.2, 0.25) is 0 Å². The summed E-state index contributed by atoms with van der Waals surface area (Å²) in [7, 11) is 0. The number of nitrogens with one attached hydrogen (secondary N) is 1. The van der Waals surface area contributed by atoms with Crippen molar-refractivity contribution in [1.29, 1.82) is 0 Å². The van der Waals surface area contributed by atoms with Gasteiger partial charge in [-0.1, -0.05) is 36.4 Å². The van der Waals surface area contributed by atoms with E-state index >= 15 is 0 Å². The Labute approximate surface area is 145 Å². The summed E-state index contributed by atoms with van der Waals surface area (Å²) in [5.74, 6) is -1.61. The Kier molecular flexibility index (Phi) is 6.28. The summed E-state index contributed by atoms with van der Waals surface area (Å²) in [6.45, 7) is 4.52. The van der Waals surface area contributed by atoms with Gasteiger partial charge in [0, 0.05) is 18.8 Å². The summed E-state index contributed by atoms with van der Waals surface area (Å²) in [6.07, 6.45) is 2.32. The fraction of sp³-hybridized carbons (Fsp3) is 0.158. The molecule has 130 valence electrons. The first-order valence-corrected chi connectivity index (χ1v) is 7.81. The lowest BCUT2D eigenvalue weighted by atomic mass is 10.1. The molecule has 0 radical (unpaired) electrons. The molecule has 0 aliphatic rings. The van der Waals surface area contributed by atoms with E-state index in [2.05, 4.69) is 11.9 Å². The summed E-state index contributed by atoms with van der Waals surface area (Å²) in [4.78, 5) is 25.2. The smallest absolute Gasteiger partial charge is 0.322 e. The summed E-state index contributed by atoms with van der Waals surface area (Å²) in [6, 6.07) is 13.1. The Morgan fingerprint density at radius 2 is 1.92 bits per heavy atom. The van der Waals surface area contributed by atoms with Crippen LogP contribution in [0.3, 0.4) is 0 Å². The topological polar surface area (TPSA) is 75.4 Å². The molecule has 0 fully saturated rings. The molecule has 2 aromatic rings. The van der Waals surface area contributed by atoms with Crippen molar-refractivity contribution in [2.45, 2.75) is 6.42 Å². The maximum Gasteiger partial charge on any atom is 0.322 e. The number of nitrogens with two attached hydrogens (primary N) is 1. The maximum absolute atomic E-state index is 13.5. The second kappa shape index (κ2) is 8.63. The molecule has 0 saturated carbocycles. The van der Waals surface area contributed by atoms with E-state index < -0.39 is 11.7 Å². The zero-order chi connectivity index (χ0) is 18.2. The minimum Gasteiger partial charge on any atom is -0.366 e. The minimum absolute atomic E-state index is 0.266. The first-order valence-electron chi connectivity index (χ1n) is 7.81. The number of carbonyl (C=O) groups excluding carboxylic acids is 2. The van der Waals surface area contributed by atoms with Gasteiger partial charge in [0.05, 0.1) is 5.56 Å². The van der Waals surface area contributed by atoms with E-state index in [4.69, 9.17) is 5.73 Å². The lowest BCUT2D eigenvalue weighted by molar-refractivity contribution is 0.0996. The number of hydrogen-bond acceptors (Lipinski definition) is 2. The Morgan fingerprint density at radius 3 is 2.56 bits per heavy atom. The lowest BCUT2D eigenvalue weighted by Gasteiger charge is -2.22. The van der Waals surface area contributed by atoms with Crippen LogP contribution < -0.4 is 11.1 Å². The second-order valence-electron chi connectivity index (χ2n) is 5.46. The van der Waals surface area contributed by atoms with E-state index in [9.17, 15) is 14.0 Å². The number of benzene rings is 2. The quantitative estimate of drug-likeness (QED) is 0.759. The monoisotopic (exact) mass is 341 g/mol. The molecule has 6 heteroatoms. The van der Waals surface area contributed by atoms with Crippen LogP contribution in [0.15, 0.2) is 61.2 Å². The highest BCUT2D eigenvalue weighted by Crippen LogP contribution is 2.15. The SMILES string of the molecule is C=CCN(CCc1ccccc1)C(=O)Nc1ccc(F)c(C(N)=O)c1. The fourth-order valence-electron chi connectivity index (χ4n) is 2.33. The first kappa shape index (κ1) is 18.2. The van der Waals surface area contributed by atoms with Crippen LogP contribution in [0.25, 0.3) is 0 Å². The van der Waals surface area contributed by atoms with Gasteiger partial charge in [-0.05, 0) is 30.2 Å². The molecule has 0 bridgehead atoms. The van der Waals surface area contributed by atoms with Crippen LogP contribution in [-0.2, 0) is 6.42 Å². The van der Waals surface area contributed by atoms with Crippen molar-refractivity contribution in [3.8, 4) is 0 Å². The van der Waals surface area contributed by atoms with Gasteiger partial charge in [0.25, 0.3) is 5.91 Å². The molecule has 0 aliphatic heterocycles. The van der Waals surface area contributed by atoms with Gasteiger partial charge in [-0.25, -0.2) is 9.18 Å². The average molecular weight is 341 g/mol. The molecule has 0 aliphatic carbocycles. The van der Waals surface area contributed by atoms with Gasteiger partial charge in [0.2, 0.25) is 0 Å². The molecular weight excluding hydrogens is 321 g/mol. The maximum atomic E-state index is 13.5. The predicted molar refractivity (Wildman–Crippen MR) is 95.9 cm³/mol. The predicted octanol–water partition coefficient (Wildman–Crippen LogP) is 3.19. The number of nitrogens with zero attached hydrogens (tertiary/aromatic N) is 1. The average Bonchev–Trinajstić information content (AvgIpc) is 2.60. The van der Waals surface area contributed by atoms with E-state index in [1.54, 1.807) is 11.0 Å². The molecule has 0 unspecified atom stereocenters. The Hall–Kier alpha value is -3.15. The molecule has 0 saturated heterocycles. The molecular formula is C19H20FN3O2. The number of hydrogen-bond donors (Lipinski definition) is 2. The zero-order valence-corrected chi connectivity index (χ0v) is 13.7. The highest BCUT2D eigenvalue weighted by molar-refractivity contribution is 5.96.